The van der Waals surface area contributed by atoms with Gasteiger partial charge in [0.25, 0.3) is 0 Å². The van der Waals surface area contributed by atoms with E-state index < -0.39 is 5.54 Å². The lowest BCUT2D eigenvalue weighted by Crippen LogP contribution is -2.55. The summed E-state index contributed by atoms with van der Waals surface area (Å²) in [6, 6.07) is 8.27. The Bertz CT molecular complexity index is 438. The van der Waals surface area contributed by atoms with Crippen LogP contribution in [-0.4, -0.2) is 16.3 Å². The lowest BCUT2D eigenvalue weighted by Gasteiger charge is -2.35. The fourth-order valence-electron chi connectivity index (χ4n) is 3.19. The highest BCUT2D eigenvalue weighted by atomic mass is 16.2. The van der Waals surface area contributed by atoms with E-state index in [-0.39, 0.29) is 5.91 Å². The predicted octanol–water partition coefficient (Wildman–Crippen LogP) is 2.19. The molecule has 0 atom stereocenters. The van der Waals surface area contributed by atoms with Gasteiger partial charge in [-0.25, -0.2) is 0 Å². The molecule has 0 saturated heterocycles. The van der Waals surface area contributed by atoms with E-state index in [2.05, 4.69) is 12.1 Å². The van der Waals surface area contributed by atoms with Crippen LogP contribution in [0.2, 0.25) is 0 Å². The fourth-order valence-corrected chi connectivity index (χ4v) is 3.19. The van der Waals surface area contributed by atoms with Crippen molar-refractivity contribution in [3.63, 3.8) is 0 Å². The van der Waals surface area contributed by atoms with E-state index in [0.717, 1.165) is 38.8 Å². The van der Waals surface area contributed by atoms with E-state index in [0.29, 0.717) is 0 Å². The second-order valence-electron chi connectivity index (χ2n) is 5.65. The van der Waals surface area contributed by atoms with Gasteiger partial charge >= 0.3 is 0 Å². The quantitative estimate of drug-likeness (QED) is 0.823. The molecule has 1 aromatic carbocycles. The third kappa shape index (κ3) is 1.93. The van der Waals surface area contributed by atoms with E-state index in [4.69, 9.17) is 5.73 Å². The molecule has 1 aliphatic heterocycles. The SMILES string of the molecule is NC1(C(=O)N2Cc3ccccc3C2)CCCCC1. The summed E-state index contributed by atoms with van der Waals surface area (Å²) in [4.78, 5) is 14.5. The number of nitrogens with two attached hydrogens (primary N) is 1. The van der Waals surface area contributed by atoms with Gasteiger partial charge in [-0.15, -0.1) is 0 Å². The molecule has 0 unspecified atom stereocenters. The van der Waals surface area contributed by atoms with Crippen LogP contribution in [0.3, 0.4) is 0 Å². The Balaban J connectivity index is 1.76. The smallest absolute Gasteiger partial charge is 0.243 e. The maximum atomic E-state index is 12.6. The highest BCUT2D eigenvalue weighted by molar-refractivity contribution is 5.86. The van der Waals surface area contributed by atoms with Crippen molar-refractivity contribution in [1.29, 1.82) is 0 Å². The maximum absolute atomic E-state index is 12.6. The van der Waals surface area contributed by atoms with Crippen LogP contribution < -0.4 is 5.73 Å². The minimum Gasteiger partial charge on any atom is -0.332 e. The molecule has 3 rings (SSSR count). The molecule has 2 aliphatic rings. The average Bonchev–Trinajstić information content (AvgIpc) is 2.82. The van der Waals surface area contributed by atoms with Crippen molar-refractivity contribution in [3.8, 4) is 0 Å². The molecule has 3 nitrogen and oxygen atoms in total. The summed E-state index contributed by atoms with van der Waals surface area (Å²) in [6.07, 6.45) is 5.08. The molecule has 3 heteroatoms. The number of nitrogens with zero attached hydrogens (tertiary/aromatic N) is 1. The van der Waals surface area contributed by atoms with Gasteiger partial charge < -0.3 is 10.6 Å². The standard InChI is InChI=1S/C15H20N2O/c16-15(8-4-1-5-9-15)14(18)17-10-12-6-2-3-7-13(12)11-17/h2-3,6-7H,1,4-5,8-11,16H2. The normalized spacial score (nSPS) is 21.7. The number of fused-ring (bicyclic) bond motifs is 1. The van der Waals surface area contributed by atoms with E-state index >= 15 is 0 Å². The molecule has 0 aromatic heterocycles. The van der Waals surface area contributed by atoms with E-state index in [1.165, 1.54) is 17.5 Å². The van der Waals surface area contributed by atoms with Gasteiger partial charge in [0, 0.05) is 13.1 Å². The van der Waals surface area contributed by atoms with Crippen LogP contribution in [0.1, 0.15) is 43.2 Å². The fraction of sp³-hybridized carbons (Fsp3) is 0.533. The van der Waals surface area contributed by atoms with Crippen LogP contribution in [0.25, 0.3) is 0 Å². The second-order valence-corrected chi connectivity index (χ2v) is 5.65. The summed E-state index contributed by atoms with van der Waals surface area (Å²) in [5.74, 6) is 0.151. The van der Waals surface area contributed by atoms with Gasteiger partial charge in [0.1, 0.15) is 0 Å². The zero-order chi connectivity index (χ0) is 12.6. The van der Waals surface area contributed by atoms with Crippen LogP contribution >= 0.6 is 0 Å². The molecule has 1 heterocycles. The van der Waals surface area contributed by atoms with Gasteiger partial charge in [0.05, 0.1) is 5.54 Å². The number of amides is 1. The van der Waals surface area contributed by atoms with Gasteiger partial charge in [0.2, 0.25) is 5.91 Å². The Kier molecular flexibility index (Phi) is 2.86. The number of hydrogen-bond donors (Lipinski definition) is 1. The summed E-state index contributed by atoms with van der Waals surface area (Å²) in [5.41, 5.74) is 8.27. The third-order valence-corrected chi connectivity index (χ3v) is 4.30. The maximum Gasteiger partial charge on any atom is 0.243 e. The third-order valence-electron chi connectivity index (χ3n) is 4.30. The zero-order valence-electron chi connectivity index (χ0n) is 10.7. The van der Waals surface area contributed by atoms with Crippen molar-refractivity contribution in [3.05, 3.63) is 35.4 Å². The molecule has 1 aliphatic carbocycles. The topological polar surface area (TPSA) is 46.3 Å². The molecule has 0 radical (unpaired) electrons. The lowest BCUT2D eigenvalue weighted by molar-refractivity contribution is -0.138. The van der Waals surface area contributed by atoms with Crippen molar-refractivity contribution in [2.45, 2.75) is 50.7 Å². The first-order valence-electron chi connectivity index (χ1n) is 6.84. The van der Waals surface area contributed by atoms with Gasteiger partial charge in [-0.3, -0.25) is 4.79 Å². The first-order valence-corrected chi connectivity index (χ1v) is 6.84. The zero-order valence-corrected chi connectivity index (χ0v) is 10.7. The minimum atomic E-state index is -0.597. The van der Waals surface area contributed by atoms with Gasteiger partial charge in [-0.2, -0.15) is 0 Å². The summed E-state index contributed by atoms with van der Waals surface area (Å²) in [7, 11) is 0. The Morgan fingerprint density at radius 2 is 1.61 bits per heavy atom. The summed E-state index contributed by atoms with van der Waals surface area (Å²) in [6.45, 7) is 1.46. The largest absolute Gasteiger partial charge is 0.332 e. The average molecular weight is 244 g/mol. The van der Waals surface area contributed by atoms with Crippen molar-refractivity contribution in [2.24, 2.45) is 5.73 Å². The lowest BCUT2D eigenvalue weighted by atomic mass is 9.81. The number of rotatable bonds is 1. The first kappa shape index (κ1) is 11.7. The Morgan fingerprint density at radius 3 is 2.17 bits per heavy atom. The molecule has 0 spiro atoms. The van der Waals surface area contributed by atoms with Crippen molar-refractivity contribution < 1.29 is 4.79 Å². The molecule has 1 amide bonds. The second kappa shape index (κ2) is 4.39. The van der Waals surface area contributed by atoms with E-state index in [1.54, 1.807) is 0 Å². The molecule has 0 bridgehead atoms. The highest BCUT2D eigenvalue weighted by Gasteiger charge is 2.39. The van der Waals surface area contributed by atoms with Crippen molar-refractivity contribution >= 4 is 5.91 Å². The summed E-state index contributed by atoms with van der Waals surface area (Å²) < 4.78 is 0. The minimum absolute atomic E-state index is 0.151. The van der Waals surface area contributed by atoms with Crippen LogP contribution in [0.15, 0.2) is 24.3 Å². The van der Waals surface area contributed by atoms with Gasteiger partial charge in [0.15, 0.2) is 0 Å². The Morgan fingerprint density at radius 1 is 1.06 bits per heavy atom. The molecule has 1 saturated carbocycles. The predicted molar refractivity (Wildman–Crippen MR) is 70.7 cm³/mol. The molecule has 96 valence electrons. The Labute approximate surface area is 108 Å². The van der Waals surface area contributed by atoms with Gasteiger partial charge in [-0.1, -0.05) is 43.5 Å². The summed E-state index contributed by atoms with van der Waals surface area (Å²) >= 11 is 0. The molecule has 1 fully saturated rings. The van der Waals surface area contributed by atoms with Crippen LogP contribution in [0, 0.1) is 0 Å². The van der Waals surface area contributed by atoms with Crippen LogP contribution in [0.5, 0.6) is 0 Å². The van der Waals surface area contributed by atoms with Crippen LogP contribution in [-0.2, 0) is 17.9 Å². The van der Waals surface area contributed by atoms with Crippen LogP contribution in [0.4, 0.5) is 0 Å². The van der Waals surface area contributed by atoms with E-state index in [1.807, 2.05) is 17.0 Å². The number of benzene rings is 1. The molecule has 18 heavy (non-hydrogen) atoms. The van der Waals surface area contributed by atoms with Crippen molar-refractivity contribution in [1.82, 2.24) is 4.90 Å². The summed E-state index contributed by atoms with van der Waals surface area (Å²) in [5, 5.41) is 0. The van der Waals surface area contributed by atoms with Gasteiger partial charge in [-0.05, 0) is 24.0 Å². The molecular formula is C15H20N2O. The number of hydrogen-bond acceptors (Lipinski definition) is 2. The van der Waals surface area contributed by atoms with Crippen molar-refractivity contribution in [2.75, 3.05) is 0 Å². The molecule has 1 aromatic rings. The molecular weight excluding hydrogens is 224 g/mol. The Hall–Kier alpha value is -1.35. The first-order chi connectivity index (χ1) is 8.69. The highest BCUT2D eigenvalue weighted by Crippen LogP contribution is 2.31. The molecule has 2 N–H and O–H groups in total. The number of carbonyl (C=O) groups is 1. The van der Waals surface area contributed by atoms with E-state index in [9.17, 15) is 4.79 Å². The monoisotopic (exact) mass is 244 g/mol. The number of carbonyl (C=O) groups excluding carboxylic acids is 1.